The van der Waals surface area contributed by atoms with E-state index in [-0.39, 0.29) is 143 Å². The Morgan fingerprint density at radius 2 is 0.486 bits per heavy atom. The summed E-state index contributed by atoms with van der Waals surface area (Å²) in [7, 11) is 0. The molecule has 0 spiro atoms. The summed E-state index contributed by atoms with van der Waals surface area (Å²) in [5, 5.41) is 73.5. The van der Waals surface area contributed by atoms with Crippen molar-refractivity contribution in [3.8, 4) is 0 Å². The first kappa shape index (κ1) is 129. The predicted octanol–water partition coefficient (Wildman–Crippen LogP) is -10.2. The number of unbranched alkanes of at least 4 members (excludes halogenated alkanes) is 8. The van der Waals surface area contributed by atoms with Gasteiger partial charge in [0.1, 0.15) is 121 Å². The number of carbonyl (C=O) groups is 21. The molecule has 3 heterocycles. The first-order chi connectivity index (χ1) is 69.3. The second-order valence-corrected chi connectivity index (χ2v) is 37.6. The molecule has 146 heavy (non-hydrogen) atoms. The van der Waals surface area contributed by atoms with Crippen molar-refractivity contribution in [1.82, 2.24) is 105 Å². The maximum absolute atomic E-state index is 14.8. The number of likely N-dealkylation sites (tertiary alicyclic amines) is 3. The van der Waals surface area contributed by atoms with Crippen molar-refractivity contribution in [3.63, 3.8) is 0 Å². The summed E-state index contributed by atoms with van der Waals surface area (Å²) in [6, 6.07) is -26.0. The molecule has 0 unspecified atom stereocenters. The normalized spacial score (nSPS) is 18.1. The second-order valence-electron chi connectivity index (χ2n) is 37.6. The minimum atomic E-state index is -1.55. The van der Waals surface area contributed by atoms with Gasteiger partial charge >= 0.3 is 5.97 Å². The van der Waals surface area contributed by atoms with Gasteiger partial charge in [-0.3, -0.25) is 95.9 Å². The van der Waals surface area contributed by atoms with Crippen LogP contribution in [0.15, 0.2) is 0 Å². The highest BCUT2D eigenvalue weighted by atomic mass is 16.4. The van der Waals surface area contributed by atoms with Gasteiger partial charge in [0, 0.05) is 19.6 Å². The number of aliphatic hydroxyl groups is 2. The van der Waals surface area contributed by atoms with Crippen LogP contribution in [0.3, 0.4) is 0 Å². The van der Waals surface area contributed by atoms with Gasteiger partial charge in [-0.15, -0.1) is 0 Å². The Labute approximate surface area is 853 Å². The van der Waals surface area contributed by atoms with Crippen LogP contribution in [0.5, 0.6) is 0 Å². The first-order valence-electron chi connectivity index (χ1n) is 51.3. The number of nitrogens with one attached hydrogen (secondary N) is 17. The van der Waals surface area contributed by atoms with Gasteiger partial charge in [0.15, 0.2) is 0 Å². The van der Waals surface area contributed by atoms with Crippen LogP contribution in [0, 0.1) is 0 Å². The maximum atomic E-state index is 14.8. The van der Waals surface area contributed by atoms with Crippen LogP contribution in [0.25, 0.3) is 0 Å². The molecule has 38 N–H and O–H groups in total. The smallest absolute Gasteiger partial charge is 0.326 e. The number of hydrogen-bond donors (Lipinski definition) is 29. The average molecular weight is 2080 g/mol. The molecule has 21 atom stereocenters. The highest BCUT2D eigenvalue weighted by molar-refractivity contribution is 6.02. The fourth-order valence-electron chi connectivity index (χ4n) is 16.5. The summed E-state index contributed by atoms with van der Waals surface area (Å²) >= 11 is 0. The summed E-state index contributed by atoms with van der Waals surface area (Å²) in [4.78, 5) is 293. The molecule has 3 fully saturated rings. The number of rotatable bonds is 72. The van der Waals surface area contributed by atoms with Gasteiger partial charge in [0.05, 0.1) is 19.3 Å². The number of aliphatic carboxylic acids is 1. The van der Waals surface area contributed by atoms with E-state index in [0.717, 1.165) is 4.90 Å². The number of nitrogens with zero attached hydrogens (tertiary/aromatic N) is 3. The first-order valence-corrected chi connectivity index (χ1v) is 51.3. The highest BCUT2D eigenvalue weighted by Crippen LogP contribution is 2.24. The van der Waals surface area contributed by atoms with E-state index in [9.17, 15) is 116 Å². The van der Waals surface area contributed by atoms with Crippen LogP contribution in [0.4, 0.5) is 0 Å². The number of carboxylic acid groups (broad SMARTS) is 1. The Bertz CT molecular complexity index is 4240. The third-order valence-electron chi connectivity index (χ3n) is 25.4. The van der Waals surface area contributed by atoms with Crippen molar-refractivity contribution in [3.05, 3.63) is 0 Å². The van der Waals surface area contributed by atoms with E-state index in [1.54, 1.807) is 0 Å². The fourth-order valence-corrected chi connectivity index (χ4v) is 16.5. The molecule has 0 radical (unpaired) electrons. The lowest BCUT2D eigenvalue weighted by Gasteiger charge is -2.31. The molecule has 53 nitrogen and oxygen atoms in total. The van der Waals surface area contributed by atoms with E-state index in [1.165, 1.54) is 65.2 Å². The van der Waals surface area contributed by atoms with Crippen molar-refractivity contribution in [2.75, 3.05) is 85.1 Å². The Morgan fingerprint density at radius 1 is 0.267 bits per heavy atom. The summed E-state index contributed by atoms with van der Waals surface area (Å²) in [5.41, 5.74) is 52.3. The quantitative estimate of drug-likeness (QED) is 0.0251. The van der Waals surface area contributed by atoms with Gasteiger partial charge in [-0.25, -0.2) is 4.79 Å². The van der Waals surface area contributed by atoms with Crippen LogP contribution in [-0.2, 0) is 101 Å². The zero-order valence-corrected chi connectivity index (χ0v) is 86.0. The van der Waals surface area contributed by atoms with Gasteiger partial charge in [-0.1, -0.05) is 0 Å². The second kappa shape index (κ2) is 69.5. The van der Waals surface area contributed by atoms with E-state index in [4.69, 9.17) is 51.6 Å². The van der Waals surface area contributed by atoms with Crippen molar-refractivity contribution >= 4 is 124 Å². The van der Waals surface area contributed by atoms with Crippen molar-refractivity contribution in [1.29, 1.82) is 0 Å². The molecule has 3 aliphatic heterocycles. The van der Waals surface area contributed by atoms with Gasteiger partial charge in [-0.2, -0.15) is 0 Å². The van der Waals surface area contributed by atoms with E-state index in [2.05, 4.69) is 90.4 Å². The van der Waals surface area contributed by atoms with E-state index < -0.39 is 264 Å². The molecule has 0 saturated carbocycles. The molecule has 0 aromatic carbocycles. The standard InChI is InChI=1S/C93H169N29O24/c1-52(74(126)103-50-72(125)104-53(2)78(130)111-62(30-11-19-41-96)83(135)114-60(28-9-17-39-94)81(133)109-58(7)80(132)113-64(32-13-21-43-98)87(139)119-68(51-123)91(143)122-49-27-38-71(122)93(145)146)105-75(127)54(3)106-76(128)55(4)107-77(129)56(5)110-88(140)69-36-25-47-120(69)90(142)67(35-16-24-46-101)118-86(138)65(33-14-22-44-99)116-84(136)63(31-12-20-42-97)112-79(131)57(6)108-82(134)61(29-10-18-40-95)115-85(137)66(34-15-23-45-100)117-89(141)70-37-26-48-121(70)92(144)73(102)59(8)124/h52-71,73,123-124H,9-51,94-102H2,1-8H3,(H,103,126)(H,104,125)(H,105,127)(H,106,128)(H,107,129)(H,108,134)(H,109,133)(H,110,140)(H,111,130)(H,112,131)(H,113,132)(H,114,135)(H,115,137)(H,116,136)(H,117,141)(H,118,138)(H,119,139)(H,145,146)/t52-,53-,54-,55-,56-,57-,58-,59+,60-,61-,62-,63-,64-,65-,66-,67-,68-,69-,70-,71-,73-/m0/s1. The number of carboxylic acids is 1. The SMILES string of the molecule is C[C@H](NC(=O)CNC(=O)[C@H](C)NC(=O)[C@H](C)NC(=O)[C@H](C)NC(=O)[C@H](C)NC(=O)[C@@H]1CCCN1C(=O)[C@H](CCCCN)NC(=O)[C@H](CCCCN)NC(=O)[C@H](CCCCN)NC(=O)[C@H](C)NC(=O)[C@H](CCCCN)NC(=O)[C@H](CCCCN)NC(=O)[C@@H]1CCCN1C(=O)[C@@H](N)[C@@H](C)O)C(=O)N[C@@H](CCCCN)C(=O)N[C@@H](CCCCN)C(=O)N[C@@H](C)C(=O)N[C@@H](CCCCN)C(=O)N[C@@H](CO)C(=O)N1CCC[C@H]1C(=O)O. The van der Waals surface area contributed by atoms with Crippen LogP contribution < -0.4 is 142 Å². The molecular formula is C93H169N29O24. The molecule has 0 aromatic heterocycles. The van der Waals surface area contributed by atoms with Gasteiger partial charge in [0.25, 0.3) is 0 Å². The number of nitrogens with two attached hydrogens (primary N) is 9. The Kier molecular flexibility index (Phi) is 61.3. The molecule has 0 bridgehead atoms. The Balaban J connectivity index is 1.65. The van der Waals surface area contributed by atoms with Crippen LogP contribution in [-0.4, -0.2) is 366 Å². The number of carbonyl (C=O) groups excluding carboxylic acids is 20. The largest absolute Gasteiger partial charge is 0.480 e. The minimum absolute atomic E-state index is 0.00101. The fraction of sp³-hybridized carbons (Fsp3) is 0.774. The summed E-state index contributed by atoms with van der Waals surface area (Å²) in [6.45, 7) is 11.0. The number of amides is 20. The Hall–Kier alpha value is -11.6. The molecule has 20 amide bonds. The lowest BCUT2D eigenvalue weighted by molar-refractivity contribution is -0.150. The molecular weight excluding hydrogens is 1910 g/mol. The summed E-state index contributed by atoms with van der Waals surface area (Å²) in [6.07, 6.45) is 6.70. The Morgan fingerprint density at radius 3 is 0.788 bits per heavy atom. The van der Waals surface area contributed by atoms with Gasteiger partial charge in [-0.05, 0) is 300 Å². The molecule has 3 saturated heterocycles. The van der Waals surface area contributed by atoms with Gasteiger partial charge in [0.2, 0.25) is 118 Å². The van der Waals surface area contributed by atoms with Crippen LogP contribution in [0.1, 0.15) is 248 Å². The minimum Gasteiger partial charge on any atom is -0.480 e. The van der Waals surface area contributed by atoms with Crippen LogP contribution >= 0.6 is 0 Å². The zero-order chi connectivity index (χ0) is 109. The van der Waals surface area contributed by atoms with Gasteiger partial charge < -0.3 is 172 Å². The molecule has 830 valence electrons. The maximum Gasteiger partial charge on any atom is 0.326 e. The lowest BCUT2D eigenvalue weighted by atomic mass is 10.0. The lowest BCUT2D eigenvalue weighted by Crippen LogP contribution is -2.60. The van der Waals surface area contributed by atoms with Crippen molar-refractivity contribution in [2.24, 2.45) is 51.6 Å². The third-order valence-corrected chi connectivity index (χ3v) is 25.4. The van der Waals surface area contributed by atoms with E-state index in [1.807, 2.05) is 0 Å². The molecule has 0 aromatic rings. The van der Waals surface area contributed by atoms with Crippen molar-refractivity contribution in [2.45, 2.75) is 375 Å². The molecule has 0 aliphatic carbocycles. The number of aliphatic hydroxyl groups excluding tert-OH is 2. The monoisotopic (exact) mass is 2080 g/mol. The zero-order valence-electron chi connectivity index (χ0n) is 86.0. The predicted molar refractivity (Wildman–Crippen MR) is 535 cm³/mol. The average Bonchev–Trinajstić information content (AvgIpc) is 1.65. The van der Waals surface area contributed by atoms with Crippen molar-refractivity contribution < 1.29 is 116 Å². The topological polar surface area (TPSA) is 868 Å². The third kappa shape index (κ3) is 45.0. The molecule has 3 aliphatic rings. The molecule has 3 rings (SSSR count). The summed E-state index contributed by atoms with van der Waals surface area (Å²) in [5.74, 6) is -17.5. The highest BCUT2D eigenvalue weighted by Gasteiger charge is 2.45. The number of hydrogen-bond acceptors (Lipinski definition) is 32. The summed E-state index contributed by atoms with van der Waals surface area (Å²) < 4.78 is 0. The van der Waals surface area contributed by atoms with E-state index in [0.29, 0.717) is 122 Å². The molecule has 53 heteroatoms. The van der Waals surface area contributed by atoms with Crippen LogP contribution in [0.2, 0.25) is 0 Å². The van der Waals surface area contributed by atoms with E-state index >= 15 is 0 Å².